The number of nitrogens with one attached hydrogen (secondary N) is 2. The molecule has 6 heteroatoms. The molecule has 0 aliphatic carbocycles. The fourth-order valence-electron chi connectivity index (χ4n) is 1.76. The summed E-state index contributed by atoms with van der Waals surface area (Å²) in [6.07, 6.45) is 2.03. The summed E-state index contributed by atoms with van der Waals surface area (Å²) in [5.41, 5.74) is 1.07. The lowest BCUT2D eigenvalue weighted by atomic mass is 10.1. The number of sulfonamides is 1. The molecule has 0 radical (unpaired) electrons. The largest absolute Gasteiger partial charge is 0.313 e. The van der Waals surface area contributed by atoms with Crippen molar-refractivity contribution in [3.63, 3.8) is 0 Å². The van der Waals surface area contributed by atoms with Gasteiger partial charge in [-0.2, -0.15) is 0 Å². The van der Waals surface area contributed by atoms with Crippen LogP contribution >= 0.6 is 15.9 Å². The zero-order valence-corrected chi connectivity index (χ0v) is 15.4. The van der Waals surface area contributed by atoms with Crippen LogP contribution in [-0.2, 0) is 16.6 Å². The van der Waals surface area contributed by atoms with E-state index in [0.717, 1.165) is 31.5 Å². The van der Waals surface area contributed by atoms with Crippen molar-refractivity contribution in [2.45, 2.75) is 45.1 Å². The minimum atomic E-state index is -3.46. The molecule has 0 saturated carbocycles. The molecule has 0 bridgehead atoms. The molecule has 120 valence electrons. The van der Waals surface area contributed by atoms with E-state index in [4.69, 9.17) is 0 Å². The fourth-order valence-corrected chi connectivity index (χ4v) is 4.04. The van der Waals surface area contributed by atoms with Crippen molar-refractivity contribution < 1.29 is 8.42 Å². The van der Waals surface area contributed by atoms with E-state index in [-0.39, 0.29) is 0 Å². The first-order valence-electron chi connectivity index (χ1n) is 7.39. The highest BCUT2D eigenvalue weighted by molar-refractivity contribution is 9.10. The lowest BCUT2D eigenvalue weighted by Gasteiger charge is -2.13. The topological polar surface area (TPSA) is 58.2 Å². The van der Waals surface area contributed by atoms with Gasteiger partial charge in [-0.05, 0) is 52.5 Å². The molecule has 0 aliphatic rings. The molecule has 21 heavy (non-hydrogen) atoms. The van der Waals surface area contributed by atoms with Gasteiger partial charge in [-0.1, -0.05) is 33.3 Å². The van der Waals surface area contributed by atoms with Crippen LogP contribution in [0.15, 0.2) is 27.6 Å². The molecule has 0 amide bonds. The van der Waals surface area contributed by atoms with Gasteiger partial charge in [0.05, 0.1) is 4.90 Å². The summed E-state index contributed by atoms with van der Waals surface area (Å²) in [5, 5.41) is 3.30. The van der Waals surface area contributed by atoms with E-state index in [0.29, 0.717) is 21.8 Å². The van der Waals surface area contributed by atoms with Gasteiger partial charge in [0.2, 0.25) is 10.0 Å². The average molecular weight is 377 g/mol. The van der Waals surface area contributed by atoms with Crippen LogP contribution in [-0.4, -0.2) is 21.5 Å². The Morgan fingerprint density at radius 1 is 1.29 bits per heavy atom. The zero-order valence-electron chi connectivity index (χ0n) is 12.9. The first kappa shape index (κ1) is 18.6. The molecule has 0 heterocycles. The SMILES string of the molecule is CCCNCc1ccc(S(=O)(=O)NCC(C)CC)c(Br)c1. The fraction of sp³-hybridized carbons (Fsp3) is 0.600. The Morgan fingerprint density at radius 2 is 2.00 bits per heavy atom. The van der Waals surface area contributed by atoms with Crippen molar-refractivity contribution in [2.24, 2.45) is 5.92 Å². The van der Waals surface area contributed by atoms with Crippen LogP contribution in [0.25, 0.3) is 0 Å². The highest BCUT2D eigenvalue weighted by Crippen LogP contribution is 2.23. The average Bonchev–Trinajstić information content (AvgIpc) is 2.45. The lowest BCUT2D eigenvalue weighted by Crippen LogP contribution is -2.28. The van der Waals surface area contributed by atoms with Gasteiger partial charge in [0.15, 0.2) is 0 Å². The minimum Gasteiger partial charge on any atom is -0.313 e. The van der Waals surface area contributed by atoms with Crippen LogP contribution in [0.1, 0.15) is 39.2 Å². The number of rotatable bonds is 9. The predicted octanol–water partition coefficient (Wildman–Crippen LogP) is 3.27. The Labute approximate surface area is 136 Å². The summed E-state index contributed by atoms with van der Waals surface area (Å²) in [5.74, 6) is 0.330. The van der Waals surface area contributed by atoms with E-state index in [1.54, 1.807) is 6.07 Å². The molecule has 0 aliphatic heterocycles. The number of halogens is 1. The normalized spacial score (nSPS) is 13.3. The summed E-state index contributed by atoms with van der Waals surface area (Å²) in [7, 11) is -3.46. The maximum absolute atomic E-state index is 12.3. The smallest absolute Gasteiger partial charge is 0.241 e. The molecular weight excluding hydrogens is 352 g/mol. The molecule has 1 rings (SSSR count). The Hall–Kier alpha value is -0.430. The van der Waals surface area contributed by atoms with Crippen LogP contribution in [0.4, 0.5) is 0 Å². The van der Waals surface area contributed by atoms with Crippen LogP contribution in [0.3, 0.4) is 0 Å². The van der Waals surface area contributed by atoms with Crippen molar-refractivity contribution in [3.05, 3.63) is 28.2 Å². The van der Waals surface area contributed by atoms with Gasteiger partial charge in [-0.15, -0.1) is 0 Å². The van der Waals surface area contributed by atoms with E-state index in [1.807, 2.05) is 26.0 Å². The third kappa shape index (κ3) is 6.06. The third-order valence-electron chi connectivity index (χ3n) is 3.36. The molecule has 1 aromatic carbocycles. The van der Waals surface area contributed by atoms with Crippen molar-refractivity contribution in [1.29, 1.82) is 0 Å². The van der Waals surface area contributed by atoms with Crippen molar-refractivity contribution in [3.8, 4) is 0 Å². The number of hydrogen-bond donors (Lipinski definition) is 2. The zero-order chi connectivity index (χ0) is 15.9. The predicted molar refractivity (Wildman–Crippen MR) is 90.8 cm³/mol. The monoisotopic (exact) mass is 376 g/mol. The van der Waals surface area contributed by atoms with E-state index in [9.17, 15) is 8.42 Å². The van der Waals surface area contributed by atoms with E-state index < -0.39 is 10.0 Å². The summed E-state index contributed by atoms with van der Waals surface area (Å²) >= 11 is 3.37. The Balaban J connectivity index is 2.78. The number of benzene rings is 1. The Morgan fingerprint density at radius 3 is 2.57 bits per heavy atom. The second-order valence-corrected chi connectivity index (χ2v) is 7.90. The molecule has 1 unspecified atom stereocenters. The van der Waals surface area contributed by atoms with Gasteiger partial charge < -0.3 is 5.32 Å². The van der Waals surface area contributed by atoms with E-state index in [2.05, 4.69) is 32.9 Å². The van der Waals surface area contributed by atoms with Crippen molar-refractivity contribution in [1.82, 2.24) is 10.0 Å². The van der Waals surface area contributed by atoms with E-state index >= 15 is 0 Å². The maximum atomic E-state index is 12.3. The Bertz CT molecular complexity index is 547. The van der Waals surface area contributed by atoms with Gasteiger partial charge in [0.25, 0.3) is 0 Å². The maximum Gasteiger partial charge on any atom is 0.241 e. The molecule has 0 fully saturated rings. The second kappa shape index (κ2) is 8.88. The molecule has 0 saturated heterocycles. The molecule has 0 aromatic heterocycles. The van der Waals surface area contributed by atoms with Crippen LogP contribution < -0.4 is 10.0 Å². The standard InChI is InChI=1S/C15H25BrN2O2S/c1-4-8-17-11-13-6-7-15(14(16)9-13)21(19,20)18-10-12(3)5-2/h6-7,9,12,17-18H,4-5,8,10-11H2,1-3H3. The van der Waals surface area contributed by atoms with Crippen molar-refractivity contribution >= 4 is 26.0 Å². The minimum absolute atomic E-state index is 0.296. The number of hydrogen-bond acceptors (Lipinski definition) is 3. The second-order valence-electron chi connectivity index (χ2n) is 5.31. The first-order chi connectivity index (χ1) is 9.90. The molecule has 0 spiro atoms. The summed E-state index contributed by atoms with van der Waals surface area (Å²) in [6.45, 7) is 8.35. The molecule has 1 aromatic rings. The summed E-state index contributed by atoms with van der Waals surface area (Å²) in [4.78, 5) is 0.296. The van der Waals surface area contributed by atoms with Crippen molar-refractivity contribution in [2.75, 3.05) is 13.1 Å². The van der Waals surface area contributed by atoms with Gasteiger partial charge in [-0.3, -0.25) is 0 Å². The van der Waals surface area contributed by atoms with Gasteiger partial charge in [0.1, 0.15) is 0 Å². The molecule has 4 nitrogen and oxygen atoms in total. The van der Waals surface area contributed by atoms with E-state index in [1.165, 1.54) is 0 Å². The van der Waals surface area contributed by atoms with Crippen LogP contribution in [0.5, 0.6) is 0 Å². The molecule has 1 atom stereocenters. The molecular formula is C15H25BrN2O2S. The van der Waals surface area contributed by atoms with Gasteiger partial charge in [0, 0.05) is 17.6 Å². The quantitative estimate of drug-likeness (QED) is 0.650. The first-order valence-corrected chi connectivity index (χ1v) is 9.67. The van der Waals surface area contributed by atoms with Crippen LogP contribution in [0.2, 0.25) is 0 Å². The highest BCUT2D eigenvalue weighted by Gasteiger charge is 2.18. The highest BCUT2D eigenvalue weighted by atomic mass is 79.9. The summed E-state index contributed by atoms with van der Waals surface area (Å²) < 4.78 is 27.8. The van der Waals surface area contributed by atoms with Crippen LogP contribution in [0, 0.1) is 5.92 Å². The van der Waals surface area contributed by atoms with Gasteiger partial charge >= 0.3 is 0 Å². The lowest BCUT2D eigenvalue weighted by molar-refractivity contribution is 0.528. The third-order valence-corrected chi connectivity index (χ3v) is 5.76. The Kier molecular flexibility index (Phi) is 7.87. The van der Waals surface area contributed by atoms with Gasteiger partial charge in [-0.25, -0.2) is 13.1 Å². The molecule has 2 N–H and O–H groups in total. The summed E-state index contributed by atoms with van der Waals surface area (Å²) in [6, 6.07) is 5.37.